The van der Waals surface area contributed by atoms with Crippen LogP contribution in [0.25, 0.3) is 0 Å². The van der Waals surface area contributed by atoms with Gasteiger partial charge in [0.05, 0.1) is 6.54 Å². The SMILES string of the molecule is CCCCCCCCCCCCC(Cl)C(=O)Nc1cccc(NC2=NN(Cc3ccccc3)C(=O)C2n2ccccc2=O)c1. The number of carbonyl (C=O) groups is 2. The Hall–Kier alpha value is -3.91. The number of hydrogen-bond acceptors (Lipinski definition) is 5. The Morgan fingerprint density at radius 2 is 1.50 bits per heavy atom. The predicted molar refractivity (Wildman–Crippen MR) is 179 cm³/mol. The summed E-state index contributed by atoms with van der Waals surface area (Å²) in [7, 11) is 0. The maximum Gasteiger partial charge on any atom is 0.274 e. The van der Waals surface area contributed by atoms with E-state index in [2.05, 4.69) is 22.7 Å². The van der Waals surface area contributed by atoms with Crippen LogP contribution in [0.4, 0.5) is 11.4 Å². The zero-order chi connectivity index (χ0) is 31.1. The lowest BCUT2D eigenvalue weighted by atomic mass is 10.1. The van der Waals surface area contributed by atoms with Crippen LogP contribution in [0.1, 0.15) is 89.2 Å². The normalized spacial score (nSPS) is 15.2. The van der Waals surface area contributed by atoms with Crippen LogP contribution in [0, 0.1) is 0 Å². The average molecular weight is 618 g/mol. The van der Waals surface area contributed by atoms with Gasteiger partial charge in [0, 0.05) is 23.6 Å². The molecule has 2 amide bonds. The summed E-state index contributed by atoms with van der Waals surface area (Å²) in [6.45, 7) is 2.51. The fourth-order valence-electron chi connectivity index (χ4n) is 5.34. The van der Waals surface area contributed by atoms with Gasteiger partial charge in [-0.05, 0) is 36.2 Å². The molecule has 0 spiro atoms. The van der Waals surface area contributed by atoms with Gasteiger partial charge in [-0.25, -0.2) is 5.01 Å². The molecule has 0 radical (unpaired) electrons. The Labute approximate surface area is 265 Å². The van der Waals surface area contributed by atoms with Crippen molar-refractivity contribution in [2.24, 2.45) is 5.10 Å². The summed E-state index contributed by atoms with van der Waals surface area (Å²) in [6.07, 6.45) is 14.5. The number of unbranched alkanes of at least 4 members (excludes halogenated alkanes) is 9. The lowest BCUT2D eigenvalue weighted by Gasteiger charge is -2.17. The molecule has 1 aliphatic heterocycles. The third kappa shape index (κ3) is 9.81. The Bertz CT molecular complexity index is 1440. The number of pyridine rings is 1. The minimum atomic E-state index is -0.945. The van der Waals surface area contributed by atoms with Crippen molar-refractivity contribution in [3.8, 4) is 0 Å². The van der Waals surface area contributed by atoms with Crippen molar-refractivity contribution in [3.63, 3.8) is 0 Å². The summed E-state index contributed by atoms with van der Waals surface area (Å²) in [5.41, 5.74) is 1.81. The first-order chi connectivity index (χ1) is 21.5. The summed E-state index contributed by atoms with van der Waals surface area (Å²) in [5, 5.41) is 11.5. The standard InChI is InChI=1S/C35H44ClN5O3/c1-2-3-4-5-6-7-8-9-10-14-22-30(36)34(43)38-29-21-17-20-28(25-29)37-33-32(40-24-16-15-23-31(40)42)35(44)41(39-33)26-27-18-12-11-13-19-27/h11-13,15-21,23-25,30,32H,2-10,14,22,26H2,1H3,(H,37,39)(H,38,43). The molecule has 9 heteroatoms. The topological polar surface area (TPSA) is 95.8 Å². The monoisotopic (exact) mass is 617 g/mol. The van der Waals surface area contributed by atoms with Gasteiger partial charge >= 0.3 is 0 Å². The van der Waals surface area contributed by atoms with Crippen LogP contribution in [0.2, 0.25) is 0 Å². The van der Waals surface area contributed by atoms with E-state index >= 15 is 0 Å². The Kier molecular flexibility index (Phi) is 13.0. The van der Waals surface area contributed by atoms with Gasteiger partial charge in [-0.2, -0.15) is 5.10 Å². The highest BCUT2D eigenvalue weighted by Gasteiger charge is 2.38. The number of nitrogens with zero attached hydrogens (tertiary/aromatic N) is 3. The molecule has 0 bridgehead atoms. The van der Waals surface area contributed by atoms with Crippen LogP contribution in [0.15, 0.2) is 88.9 Å². The molecule has 0 aliphatic carbocycles. The van der Waals surface area contributed by atoms with Crippen LogP contribution >= 0.6 is 11.6 Å². The van der Waals surface area contributed by atoms with Crippen molar-refractivity contribution in [2.75, 3.05) is 10.6 Å². The maximum absolute atomic E-state index is 13.5. The fraction of sp³-hybridized carbons (Fsp3) is 0.429. The smallest absolute Gasteiger partial charge is 0.274 e. The molecule has 234 valence electrons. The quantitative estimate of drug-likeness (QED) is 0.120. The number of nitrogens with one attached hydrogen (secondary N) is 2. The molecule has 1 aliphatic rings. The highest BCUT2D eigenvalue weighted by Crippen LogP contribution is 2.25. The molecule has 2 heterocycles. The average Bonchev–Trinajstić information content (AvgIpc) is 3.32. The van der Waals surface area contributed by atoms with Crippen LogP contribution in [0.5, 0.6) is 0 Å². The first-order valence-corrected chi connectivity index (χ1v) is 16.3. The van der Waals surface area contributed by atoms with E-state index in [1.54, 1.807) is 36.5 Å². The number of amidine groups is 1. The van der Waals surface area contributed by atoms with E-state index in [0.29, 0.717) is 23.6 Å². The summed E-state index contributed by atoms with van der Waals surface area (Å²) >= 11 is 6.45. The van der Waals surface area contributed by atoms with E-state index in [1.807, 2.05) is 36.4 Å². The van der Waals surface area contributed by atoms with Crippen molar-refractivity contribution in [1.82, 2.24) is 9.58 Å². The Morgan fingerprint density at radius 1 is 0.841 bits per heavy atom. The van der Waals surface area contributed by atoms with Crippen molar-refractivity contribution >= 4 is 40.6 Å². The van der Waals surface area contributed by atoms with E-state index in [4.69, 9.17) is 11.6 Å². The number of benzene rings is 2. The molecule has 0 saturated heterocycles. The van der Waals surface area contributed by atoms with Crippen LogP contribution in [0.3, 0.4) is 0 Å². The van der Waals surface area contributed by atoms with E-state index < -0.39 is 11.4 Å². The van der Waals surface area contributed by atoms with Gasteiger partial charge in [0.1, 0.15) is 5.38 Å². The summed E-state index contributed by atoms with van der Waals surface area (Å²) < 4.78 is 1.37. The fourth-order valence-corrected chi connectivity index (χ4v) is 5.55. The molecule has 0 saturated carbocycles. The van der Waals surface area contributed by atoms with Crippen LogP contribution in [-0.2, 0) is 16.1 Å². The third-order valence-electron chi connectivity index (χ3n) is 7.78. The van der Waals surface area contributed by atoms with Gasteiger partial charge in [0.15, 0.2) is 11.9 Å². The molecule has 4 rings (SSSR count). The number of rotatable bonds is 17. The maximum atomic E-state index is 13.5. The van der Waals surface area contributed by atoms with Gasteiger partial charge in [0.2, 0.25) is 5.91 Å². The van der Waals surface area contributed by atoms with Crippen molar-refractivity contribution in [2.45, 2.75) is 95.5 Å². The highest BCUT2D eigenvalue weighted by molar-refractivity contribution is 6.32. The molecular weight excluding hydrogens is 574 g/mol. The van der Waals surface area contributed by atoms with Crippen LogP contribution < -0.4 is 16.2 Å². The molecule has 2 aromatic carbocycles. The lowest BCUT2D eigenvalue weighted by Crippen LogP contribution is -2.37. The molecule has 2 atom stereocenters. The molecule has 2 N–H and O–H groups in total. The molecule has 0 fully saturated rings. The number of hydrogen-bond donors (Lipinski definition) is 2. The van der Waals surface area contributed by atoms with Gasteiger partial charge in [-0.3, -0.25) is 19.0 Å². The largest absolute Gasteiger partial charge is 0.340 e. The zero-order valence-electron chi connectivity index (χ0n) is 25.6. The highest BCUT2D eigenvalue weighted by atomic mass is 35.5. The Balaban J connectivity index is 1.33. The van der Waals surface area contributed by atoms with E-state index in [1.165, 1.54) is 67.0 Å². The molecule has 44 heavy (non-hydrogen) atoms. The predicted octanol–water partition coefficient (Wildman–Crippen LogP) is 7.71. The number of carbonyl (C=O) groups excluding carboxylic acids is 2. The molecule has 8 nitrogen and oxygen atoms in total. The van der Waals surface area contributed by atoms with Crippen LogP contribution in [-0.4, -0.2) is 32.6 Å². The van der Waals surface area contributed by atoms with E-state index in [0.717, 1.165) is 18.4 Å². The summed E-state index contributed by atoms with van der Waals surface area (Å²) in [5.74, 6) is -0.235. The first-order valence-electron chi connectivity index (χ1n) is 15.9. The Morgan fingerprint density at radius 3 is 2.20 bits per heavy atom. The zero-order valence-corrected chi connectivity index (χ0v) is 26.3. The van der Waals surface area contributed by atoms with Crippen molar-refractivity contribution in [3.05, 3.63) is 94.9 Å². The number of aromatic nitrogens is 1. The second kappa shape index (κ2) is 17.4. The van der Waals surface area contributed by atoms with Crippen molar-refractivity contribution < 1.29 is 9.59 Å². The molecular formula is C35H44ClN5O3. The molecule has 1 aromatic heterocycles. The van der Waals surface area contributed by atoms with E-state index in [-0.39, 0.29) is 23.9 Å². The minimum absolute atomic E-state index is 0.240. The molecule has 2 unspecified atom stereocenters. The number of alkyl halides is 1. The number of halogens is 1. The van der Waals surface area contributed by atoms with Gasteiger partial charge in [-0.1, -0.05) is 114 Å². The first kappa shape index (κ1) is 33.0. The third-order valence-corrected chi connectivity index (χ3v) is 8.19. The van der Waals surface area contributed by atoms with Gasteiger partial charge in [-0.15, -0.1) is 11.6 Å². The summed E-state index contributed by atoms with van der Waals surface area (Å²) in [6, 6.07) is 20.5. The minimum Gasteiger partial charge on any atom is -0.340 e. The second-order valence-corrected chi connectivity index (χ2v) is 11.9. The lowest BCUT2D eigenvalue weighted by molar-refractivity contribution is -0.131. The second-order valence-electron chi connectivity index (χ2n) is 11.3. The molecule has 3 aromatic rings. The summed E-state index contributed by atoms with van der Waals surface area (Å²) in [4.78, 5) is 39.0. The number of anilines is 2. The number of amides is 2. The van der Waals surface area contributed by atoms with E-state index in [9.17, 15) is 14.4 Å². The van der Waals surface area contributed by atoms with Gasteiger partial charge < -0.3 is 10.6 Å². The number of hydrazone groups is 1. The van der Waals surface area contributed by atoms with Gasteiger partial charge in [0.25, 0.3) is 11.5 Å². The van der Waals surface area contributed by atoms with Crippen molar-refractivity contribution in [1.29, 1.82) is 0 Å².